The van der Waals surface area contributed by atoms with Crippen molar-refractivity contribution in [1.82, 2.24) is 0 Å². The van der Waals surface area contributed by atoms with Crippen LogP contribution in [0.3, 0.4) is 0 Å². The lowest BCUT2D eigenvalue weighted by Crippen LogP contribution is -2.19. The molecule has 0 saturated carbocycles. The molecule has 1 unspecified atom stereocenters. The van der Waals surface area contributed by atoms with Gasteiger partial charge < -0.3 is 25.6 Å². The van der Waals surface area contributed by atoms with Gasteiger partial charge in [-0.05, 0) is 79.2 Å². The lowest BCUT2D eigenvalue weighted by Gasteiger charge is -2.18. The van der Waals surface area contributed by atoms with Crippen LogP contribution >= 0.6 is 11.8 Å². The first-order chi connectivity index (χ1) is 19.7. The third-order valence-electron chi connectivity index (χ3n) is 5.88. The number of amides is 2. The molecule has 9 nitrogen and oxygen atoms in total. The molecular formula is C31H26N2O7S. The first-order valence-corrected chi connectivity index (χ1v) is 13.4. The summed E-state index contributed by atoms with van der Waals surface area (Å²) in [5, 5.41) is 23.6. The molecular weight excluding hydrogens is 544 g/mol. The molecule has 4 N–H and O–H groups in total. The molecule has 4 aromatic carbocycles. The Labute approximate surface area is 240 Å². The van der Waals surface area contributed by atoms with Gasteiger partial charge in [-0.3, -0.25) is 9.59 Å². The molecule has 10 heteroatoms. The smallest absolute Gasteiger partial charge is 0.336 e. The van der Waals surface area contributed by atoms with E-state index in [1.54, 1.807) is 48.5 Å². The summed E-state index contributed by atoms with van der Waals surface area (Å²) in [5.41, 5.74) is 1.02. The van der Waals surface area contributed by atoms with Crippen molar-refractivity contribution < 1.29 is 34.1 Å². The van der Waals surface area contributed by atoms with E-state index in [-0.39, 0.29) is 17.0 Å². The second-order valence-corrected chi connectivity index (χ2v) is 9.88. The van der Waals surface area contributed by atoms with Crippen molar-refractivity contribution in [2.75, 3.05) is 17.2 Å². The van der Waals surface area contributed by atoms with E-state index in [0.717, 1.165) is 16.5 Å². The van der Waals surface area contributed by atoms with Crippen molar-refractivity contribution >= 4 is 46.9 Å². The number of benzene rings is 4. The molecule has 0 aromatic heterocycles. The van der Waals surface area contributed by atoms with Crippen LogP contribution in [-0.4, -0.2) is 40.6 Å². The Bertz CT molecular complexity index is 1560. The molecule has 4 aromatic rings. The number of hydrogen-bond acceptors (Lipinski definition) is 6. The number of carbonyl (C=O) groups excluding carboxylic acids is 2. The lowest BCUT2D eigenvalue weighted by atomic mass is 10.0. The molecule has 0 radical (unpaired) electrons. The lowest BCUT2D eigenvalue weighted by molar-refractivity contribution is -0.115. The number of aromatic carboxylic acids is 2. The number of nitrogens with one attached hydrogen (secondary N) is 2. The average Bonchev–Trinajstić information content (AvgIpc) is 2.97. The van der Waals surface area contributed by atoms with Crippen molar-refractivity contribution in [3.8, 4) is 5.75 Å². The Balaban J connectivity index is 1.49. The number of anilines is 2. The van der Waals surface area contributed by atoms with Crippen LogP contribution in [0.15, 0.2) is 102 Å². The Morgan fingerprint density at radius 2 is 1.39 bits per heavy atom. The fourth-order valence-corrected chi connectivity index (χ4v) is 4.94. The molecule has 0 aliphatic heterocycles. The molecule has 0 aliphatic rings. The topological polar surface area (TPSA) is 142 Å². The van der Waals surface area contributed by atoms with Crippen LogP contribution in [0.4, 0.5) is 11.4 Å². The summed E-state index contributed by atoms with van der Waals surface area (Å²) in [6.45, 7) is 2.44. The fourth-order valence-electron chi connectivity index (χ4n) is 3.91. The maximum absolute atomic E-state index is 13.3. The van der Waals surface area contributed by atoms with Crippen LogP contribution in [0.1, 0.15) is 48.8 Å². The number of rotatable bonds is 11. The zero-order valence-electron chi connectivity index (χ0n) is 21.9. The molecule has 0 saturated heterocycles. The molecule has 0 heterocycles. The molecule has 1 atom stereocenters. The van der Waals surface area contributed by atoms with Gasteiger partial charge in [-0.1, -0.05) is 30.3 Å². The van der Waals surface area contributed by atoms with Crippen LogP contribution in [0, 0.1) is 0 Å². The Hall–Kier alpha value is -5.09. The van der Waals surface area contributed by atoms with Crippen molar-refractivity contribution in [1.29, 1.82) is 0 Å². The van der Waals surface area contributed by atoms with E-state index in [4.69, 9.17) is 9.84 Å². The second kappa shape index (κ2) is 13.3. The molecule has 2 amide bonds. The summed E-state index contributed by atoms with van der Waals surface area (Å²) >= 11 is 1.33. The molecule has 0 fully saturated rings. The van der Waals surface area contributed by atoms with E-state index in [1.807, 2.05) is 37.3 Å². The summed E-state index contributed by atoms with van der Waals surface area (Å²) in [7, 11) is 0. The molecule has 208 valence electrons. The standard InChI is InChI=1S/C31H26N2O7S/c1-2-40-23-13-9-21(10-14-23)33-29(35)27(19-6-4-3-5-7-19)41-24-15-11-22(12-16-24)32-28(34)25-17-8-20(30(36)37)18-26(25)31(38)39/h3-18,27H,2H2,1H3,(H,32,34)(H,33,35)(H,36,37)(H,38,39). The molecule has 4 rings (SSSR count). The number of carbonyl (C=O) groups is 4. The quantitative estimate of drug-likeness (QED) is 0.156. The predicted octanol–water partition coefficient (Wildman–Crippen LogP) is 6.21. The van der Waals surface area contributed by atoms with Gasteiger partial charge in [0.1, 0.15) is 11.0 Å². The number of ether oxygens (including phenoxy) is 1. The molecule has 0 spiro atoms. The van der Waals surface area contributed by atoms with Gasteiger partial charge in [0.25, 0.3) is 5.91 Å². The van der Waals surface area contributed by atoms with Gasteiger partial charge in [-0.15, -0.1) is 11.8 Å². The number of hydrogen-bond donors (Lipinski definition) is 4. The Morgan fingerprint density at radius 1 is 0.756 bits per heavy atom. The first-order valence-electron chi connectivity index (χ1n) is 12.5. The monoisotopic (exact) mass is 570 g/mol. The highest BCUT2D eigenvalue weighted by atomic mass is 32.2. The summed E-state index contributed by atoms with van der Waals surface area (Å²) in [5.74, 6) is -2.91. The maximum Gasteiger partial charge on any atom is 0.336 e. The van der Waals surface area contributed by atoms with Crippen LogP contribution in [-0.2, 0) is 4.79 Å². The third-order valence-corrected chi connectivity index (χ3v) is 7.15. The molecule has 0 bridgehead atoms. The van der Waals surface area contributed by atoms with Crippen LogP contribution < -0.4 is 15.4 Å². The SMILES string of the molecule is CCOc1ccc(NC(=O)C(Sc2ccc(NC(=O)c3ccc(C(=O)O)cc3C(=O)O)cc2)c2ccccc2)cc1. The van der Waals surface area contributed by atoms with Crippen LogP contribution in [0.5, 0.6) is 5.75 Å². The number of thioether (sulfide) groups is 1. The van der Waals surface area contributed by atoms with Gasteiger partial charge in [0.05, 0.1) is 23.3 Å². The van der Waals surface area contributed by atoms with Crippen LogP contribution in [0.25, 0.3) is 0 Å². The predicted molar refractivity (Wildman–Crippen MR) is 156 cm³/mol. The highest BCUT2D eigenvalue weighted by Gasteiger charge is 2.23. The van der Waals surface area contributed by atoms with Gasteiger partial charge in [-0.2, -0.15) is 0 Å². The first kappa shape index (κ1) is 28.9. The largest absolute Gasteiger partial charge is 0.494 e. The minimum Gasteiger partial charge on any atom is -0.494 e. The summed E-state index contributed by atoms with van der Waals surface area (Å²) in [6.07, 6.45) is 0. The van der Waals surface area contributed by atoms with Gasteiger partial charge >= 0.3 is 11.9 Å². The van der Waals surface area contributed by atoms with E-state index >= 15 is 0 Å². The van der Waals surface area contributed by atoms with Crippen molar-refractivity contribution in [3.05, 3.63) is 119 Å². The van der Waals surface area contributed by atoms with E-state index in [9.17, 15) is 24.3 Å². The third kappa shape index (κ3) is 7.52. The Kier molecular flexibility index (Phi) is 9.39. The normalized spacial score (nSPS) is 11.2. The van der Waals surface area contributed by atoms with E-state index in [0.29, 0.717) is 23.7 Å². The highest BCUT2D eigenvalue weighted by Crippen LogP contribution is 2.37. The average molecular weight is 571 g/mol. The van der Waals surface area contributed by atoms with Gasteiger partial charge in [0, 0.05) is 16.3 Å². The summed E-state index contributed by atoms with van der Waals surface area (Å²) in [6, 6.07) is 26.5. The van der Waals surface area contributed by atoms with Crippen molar-refractivity contribution in [2.24, 2.45) is 0 Å². The number of carboxylic acid groups (broad SMARTS) is 2. The van der Waals surface area contributed by atoms with Gasteiger partial charge in [-0.25, -0.2) is 9.59 Å². The summed E-state index contributed by atoms with van der Waals surface area (Å²) < 4.78 is 5.46. The highest BCUT2D eigenvalue weighted by molar-refractivity contribution is 8.00. The number of carboxylic acids is 2. The van der Waals surface area contributed by atoms with E-state index in [1.165, 1.54) is 23.9 Å². The van der Waals surface area contributed by atoms with Crippen molar-refractivity contribution in [3.63, 3.8) is 0 Å². The fraction of sp³-hybridized carbons (Fsp3) is 0.0968. The molecule has 0 aliphatic carbocycles. The maximum atomic E-state index is 13.3. The van der Waals surface area contributed by atoms with Gasteiger partial charge in [0.2, 0.25) is 5.91 Å². The second-order valence-electron chi connectivity index (χ2n) is 8.70. The molecule has 41 heavy (non-hydrogen) atoms. The van der Waals surface area contributed by atoms with Crippen molar-refractivity contribution in [2.45, 2.75) is 17.1 Å². The van der Waals surface area contributed by atoms with E-state index < -0.39 is 28.7 Å². The summed E-state index contributed by atoms with van der Waals surface area (Å²) in [4.78, 5) is 49.7. The minimum absolute atomic E-state index is 0.170. The van der Waals surface area contributed by atoms with E-state index in [2.05, 4.69) is 10.6 Å². The van der Waals surface area contributed by atoms with Crippen LogP contribution in [0.2, 0.25) is 0 Å². The Morgan fingerprint density at radius 3 is 2.00 bits per heavy atom. The van der Waals surface area contributed by atoms with Gasteiger partial charge in [0.15, 0.2) is 0 Å². The zero-order chi connectivity index (χ0) is 29.4. The minimum atomic E-state index is -1.42. The zero-order valence-corrected chi connectivity index (χ0v) is 22.7.